The van der Waals surface area contributed by atoms with Gasteiger partial charge >= 0.3 is 0 Å². The van der Waals surface area contributed by atoms with Crippen LogP contribution in [0.3, 0.4) is 0 Å². The van der Waals surface area contributed by atoms with Crippen molar-refractivity contribution in [1.29, 1.82) is 0 Å². The number of likely N-dealkylation sites (tertiary alicyclic amines) is 1. The lowest BCUT2D eigenvalue weighted by Gasteiger charge is -2.45. The maximum atomic E-state index is 9.45. The van der Waals surface area contributed by atoms with E-state index in [0.717, 1.165) is 13.1 Å². The van der Waals surface area contributed by atoms with E-state index in [0.29, 0.717) is 17.9 Å². The second-order valence-corrected chi connectivity index (χ2v) is 8.59. The third-order valence-electron chi connectivity index (χ3n) is 5.33. The molecule has 1 atom stereocenters. The van der Waals surface area contributed by atoms with E-state index in [9.17, 15) is 5.11 Å². The summed E-state index contributed by atoms with van der Waals surface area (Å²) in [5.74, 6) is 0.509. The van der Waals surface area contributed by atoms with Gasteiger partial charge in [-0.3, -0.25) is 0 Å². The Balaban J connectivity index is 1.95. The summed E-state index contributed by atoms with van der Waals surface area (Å²) >= 11 is 0. The van der Waals surface area contributed by atoms with E-state index in [4.69, 9.17) is 0 Å². The third-order valence-corrected chi connectivity index (χ3v) is 5.33. The molecule has 0 aromatic heterocycles. The number of nitrogens with zero attached hydrogens (tertiary/aromatic N) is 1. The van der Waals surface area contributed by atoms with Crippen LogP contribution >= 0.6 is 0 Å². The van der Waals surface area contributed by atoms with Gasteiger partial charge in [0, 0.05) is 31.8 Å². The zero-order valence-corrected chi connectivity index (χ0v) is 14.5. The van der Waals surface area contributed by atoms with Crippen molar-refractivity contribution in [3.63, 3.8) is 0 Å². The molecule has 3 nitrogen and oxygen atoms in total. The summed E-state index contributed by atoms with van der Waals surface area (Å²) in [6.07, 6.45) is 9.41. The number of aliphatic hydroxyl groups is 1. The van der Waals surface area contributed by atoms with Crippen LogP contribution in [0.25, 0.3) is 0 Å². The van der Waals surface area contributed by atoms with E-state index in [1.54, 1.807) is 0 Å². The molecule has 1 heterocycles. The molecule has 2 aliphatic rings. The molecule has 2 fully saturated rings. The highest BCUT2D eigenvalue weighted by Crippen LogP contribution is 2.37. The van der Waals surface area contributed by atoms with Gasteiger partial charge in [-0.05, 0) is 64.3 Å². The van der Waals surface area contributed by atoms with E-state index >= 15 is 0 Å². The van der Waals surface area contributed by atoms with Gasteiger partial charge < -0.3 is 15.3 Å². The molecule has 2 N–H and O–H groups in total. The van der Waals surface area contributed by atoms with Gasteiger partial charge in [-0.2, -0.15) is 0 Å². The van der Waals surface area contributed by atoms with Gasteiger partial charge in [0.05, 0.1) is 0 Å². The maximum absolute atomic E-state index is 9.45. The molecule has 1 saturated heterocycles. The minimum Gasteiger partial charge on any atom is -0.396 e. The summed E-state index contributed by atoms with van der Waals surface area (Å²) in [6, 6.07) is 0. The number of piperidine rings is 1. The van der Waals surface area contributed by atoms with Gasteiger partial charge in [0.2, 0.25) is 0 Å². The molecule has 1 aliphatic heterocycles. The van der Waals surface area contributed by atoms with Crippen molar-refractivity contribution in [3.8, 4) is 0 Å². The Hall–Kier alpha value is -0.120. The number of nitrogens with one attached hydrogen (secondary N) is 1. The fraction of sp³-hybridized carbons (Fsp3) is 1.00. The lowest BCUT2D eigenvalue weighted by molar-refractivity contribution is 0.0540. The van der Waals surface area contributed by atoms with E-state index in [1.807, 2.05) is 0 Å². The van der Waals surface area contributed by atoms with Gasteiger partial charge in [-0.1, -0.05) is 19.3 Å². The lowest BCUT2D eigenvalue weighted by Crippen LogP contribution is -2.51. The predicted octanol–water partition coefficient (Wildman–Crippen LogP) is 3.03. The summed E-state index contributed by atoms with van der Waals surface area (Å²) in [5.41, 5.74) is 0.669. The van der Waals surface area contributed by atoms with Crippen LogP contribution in [-0.4, -0.2) is 48.3 Å². The molecule has 0 radical (unpaired) electrons. The molecule has 0 aromatic carbocycles. The van der Waals surface area contributed by atoms with Gasteiger partial charge in [-0.15, -0.1) is 0 Å². The normalized spacial score (nSPS) is 27.7. The first-order valence-corrected chi connectivity index (χ1v) is 9.01. The second-order valence-electron chi connectivity index (χ2n) is 8.59. The molecule has 1 saturated carbocycles. The number of rotatable bonds is 5. The summed E-state index contributed by atoms with van der Waals surface area (Å²) in [7, 11) is 0. The largest absolute Gasteiger partial charge is 0.396 e. The Bertz CT molecular complexity index is 305. The standard InChI is InChI=1S/C18H36N2O/c1-17(2,3)19-14-18(9-5-4-6-10-18)15-20-11-7-8-16(12-20)13-21/h16,19,21H,4-15H2,1-3H3. The van der Waals surface area contributed by atoms with Crippen molar-refractivity contribution in [3.05, 3.63) is 0 Å². The van der Waals surface area contributed by atoms with Crippen molar-refractivity contribution in [2.45, 2.75) is 71.3 Å². The van der Waals surface area contributed by atoms with Crippen LogP contribution in [-0.2, 0) is 0 Å². The molecular weight excluding hydrogens is 260 g/mol. The maximum Gasteiger partial charge on any atom is 0.0471 e. The van der Waals surface area contributed by atoms with Crippen molar-refractivity contribution in [2.75, 3.05) is 32.8 Å². The predicted molar refractivity (Wildman–Crippen MR) is 89.5 cm³/mol. The highest BCUT2D eigenvalue weighted by molar-refractivity contribution is 4.91. The smallest absolute Gasteiger partial charge is 0.0471 e. The first kappa shape index (κ1) is 17.2. The quantitative estimate of drug-likeness (QED) is 0.818. The van der Waals surface area contributed by atoms with E-state index in [2.05, 4.69) is 31.0 Å². The highest BCUT2D eigenvalue weighted by Gasteiger charge is 2.35. The Morgan fingerprint density at radius 3 is 2.48 bits per heavy atom. The van der Waals surface area contributed by atoms with Crippen LogP contribution < -0.4 is 5.32 Å². The monoisotopic (exact) mass is 296 g/mol. The van der Waals surface area contributed by atoms with Crippen LogP contribution in [0.4, 0.5) is 0 Å². The molecule has 0 amide bonds. The zero-order valence-electron chi connectivity index (χ0n) is 14.5. The topological polar surface area (TPSA) is 35.5 Å². The van der Waals surface area contributed by atoms with Crippen LogP contribution in [0.1, 0.15) is 65.7 Å². The fourth-order valence-electron chi connectivity index (χ4n) is 4.06. The molecule has 1 unspecified atom stereocenters. The van der Waals surface area contributed by atoms with Crippen molar-refractivity contribution in [1.82, 2.24) is 10.2 Å². The molecule has 3 heteroatoms. The summed E-state index contributed by atoms with van der Waals surface area (Å²) < 4.78 is 0. The van der Waals surface area contributed by atoms with Gasteiger partial charge in [0.15, 0.2) is 0 Å². The van der Waals surface area contributed by atoms with E-state index in [1.165, 1.54) is 58.0 Å². The fourth-order valence-corrected chi connectivity index (χ4v) is 4.06. The average Bonchev–Trinajstić information content (AvgIpc) is 2.46. The van der Waals surface area contributed by atoms with Crippen LogP contribution in [0.2, 0.25) is 0 Å². The molecule has 0 spiro atoms. The van der Waals surface area contributed by atoms with Crippen molar-refractivity contribution < 1.29 is 5.11 Å². The number of hydrogen-bond acceptors (Lipinski definition) is 3. The van der Waals surface area contributed by atoms with Crippen molar-refractivity contribution >= 4 is 0 Å². The van der Waals surface area contributed by atoms with Crippen LogP contribution in [0.5, 0.6) is 0 Å². The highest BCUT2D eigenvalue weighted by atomic mass is 16.3. The van der Waals surface area contributed by atoms with Gasteiger partial charge in [-0.25, -0.2) is 0 Å². The summed E-state index contributed by atoms with van der Waals surface area (Å²) in [5, 5.41) is 13.2. The van der Waals surface area contributed by atoms with Gasteiger partial charge in [0.1, 0.15) is 0 Å². The Labute approximate surface area is 131 Å². The molecule has 2 rings (SSSR count). The first-order valence-electron chi connectivity index (χ1n) is 9.01. The molecule has 0 aromatic rings. The molecule has 1 aliphatic carbocycles. The minimum absolute atomic E-state index is 0.208. The number of aliphatic hydroxyl groups excluding tert-OH is 1. The lowest BCUT2D eigenvalue weighted by atomic mass is 9.73. The van der Waals surface area contributed by atoms with E-state index < -0.39 is 0 Å². The number of hydrogen-bond donors (Lipinski definition) is 2. The molecular formula is C18H36N2O. The summed E-state index contributed by atoms with van der Waals surface area (Å²) in [4.78, 5) is 2.64. The molecule has 124 valence electrons. The summed E-state index contributed by atoms with van der Waals surface area (Å²) in [6.45, 7) is 11.9. The van der Waals surface area contributed by atoms with E-state index in [-0.39, 0.29) is 5.54 Å². The Morgan fingerprint density at radius 2 is 1.86 bits per heavy atom. The van der Waals surface area contributed by atoms with Crippen LogP contribution in [0.15, 0.2) is 0 Å². The molecule has 21 heavy (non-hydrogen) atoms. The molecule has 0 bridgehead atoms. The minimum atomic E-state index is 0.208. The van der Waals surface area contributed by atoms with Gasteiger partial charge in [0.25, 0.3) is 0 Å². The van der Waals surface area contributed by atoms with Crippen LogP contribution in [0, 0.1) is 11.3 Å². The Morgan fingerprint density at radius 1 is 1.14 bits per heavy atom. The SMILES string of the molecule is CC(C)(C)NCC1(CN2CCCC(CO)C2)CCCCC1. The second kappa shape index (κ2) is 7.43. The Kier molecular flexibility index (Phi) is 6.10. The third kappa shape index (κ3) is 5.54. The first-order chi connectivity index (χ1) is 9.92. The van der Waals surface area contributed by atoms with Crippen molar-refractivity contribution in [2.24, 2.45) is 11.3 Å². The zero-order chi connectivity index (χ0) is 15.3. The average molecular weight is 296 g/mol.